The van der Waals surface area contributed by atoms with Crippen LogP contribution < -0.4 is 0 Å². The van der Waals surface area contributed by atoms with Gasteiger partial charge in [0.05, 0.1) is 16.7 Å². The molecule has 0 fully saturated rings. The Morgan fingerprint density at radius 2 is 0.904 bits per heavy atom. The molecule has 9 aromatic rings. The lowest BCUT2D eigenvalue weighted by molar-refractivity contribution is 0.738. The number of para-hydroxylation sites is 3. The van der Waals surface area contributed by atoms with E-state index in [9.17, 15) is 0 Å². The lowest BCUT2D eigenvalue weighted by Gasteiger charge is -2.27. The molecule has 1 spiro atoms. The molecule has 1 aliphatic heterocycles. The highest BCUT2D eigenvalue weighted by Crippen LogP contribution is 2.62. The summed E-state index contributed by atoms with van der Waals surface area (Å²) in [7, 11) is 0. The van der Waals surface area contributed by atoms with E-state index in [1.165, 1.54) is 33.5 Å². The summed E-state index contributed by atoms with van der Waals surface area (Å²) >= 11 is 0. The van der Waals surface area contributed by atoms with Gasteiger partial charge in [-0.05, 0) is 57.1 Å². The van der Waals surface area contributed by atoms with Crippen molar-refractivity contribution in [3.8, 4) is 62.1 Å². The van der Waals surface area contributed by atoms with Crippen LogP contribution in [0.4, 0.5) is 0 Å². The first-order valence-electron chi connectivity index (χ1n) is 17.6. The van der Waals surface area contributed by atoms with E-state index in [1.807, 2.05) is 60.7 Å². The second-order valence-corrected chi connectivity index (χ2v) is 13.4. The van der Waals surface area contributed by atoms with E-state index in [1.54, 1.807) is 0 Å². The first-order valence-corrected chi connectivity index (χ1v) is 17.6. The van der Waals surface area contributed by atoms with Crippen LogP contribution in [0.1, 0.15) is 22.5 Å². The molecule has 5 nitrogen and oxygen atoms in total. The number of nitrogens with zero attached hydrogens (tertiary/aromatic N) is 5. The van der Waals surface area contributed by atoms with Gasteiger partial charge in [-0.25, -0.2) is 19.9 Å². The van der Waals surface area contributed by atoms with Crippen LogP contribution in [0.5, 0.6) is 0 Å². The number of fused-ring (bicyclic) bond motifs is 12. The van der Waals surface area contributed by atoms with Crippen molar-refractivity contribution in [1.82, 2.24) is 24.5 Å². The Morgan fingerprint density at radius 3 is 1.65 bits per heavy atom. The topological polar surface area (TPSA) is 56.5 Å². The zero-order valence-corrected chi connectivity index (χ0v) is 28.0. The van der Waals surface area contributed by atoms with Gasteiger partial charge in [-0.15, -0.1) is 0 Å². The highest BCUT2D eigenvalue weighted by molar-refractivity contribution is 6.00. The minimum atomic E-state index is -0.583. The summed E-state index contributed by atoms with van der Waals surface area (Å²) in [6.45, 7) is 0. The van der Waals surface area contributed by atoms with Crippen LogP contribution in [0.3, 0.4) is 0 Å². The Morgan fingerprint density at radius 1 is 0.365 bits per heavy atom. The van der Waals surface area contributed by atoms with Gasteiger partial charge in [0.2, 0.25) is 0 Å². The Labute approximate surface area is 300 Å². The van der Waals surface area contributed by atoms with Crippen molar-refractivity contribution in [2.45, 2.75) is 5.41 Å². The summed E-state index contributed by atoms with van der Waals surface area (Å²) in [6.07, 6.45) is 0. The first kappa shape index (κ1) is 28.8. The van der Waals surface area contributed by atoms with Gasteiger partial charge in [0.1, 0.15) is 11.2 Å². The van der Waals surface area contributed by atoms with E-state index >= 15 is 0 Å². The fourth-order valence-electron chi connectivity index (χ4n) is 8.55. The van der Waals surface area contributed by atoms with Gasteiger partial charge in [-0.1, -0.05) is 158 Å². The Bertz CT molecular complexity index is 2800. The molecule has 0 saturated heterocycles. The van der Waals surface area contributed by atoms with Crippen molar-refractivity contribution >= 4 is 11.0 Å². The fraction of sp³-hybridized carbons (Fsp3) is 0.0213. The van der Waals surface area contributed by atoms with Crippen molar-refractivity contribution in [1.29, 1.82) is 0 Å². The molecule has 0 amide bonds. The third kappa shape index (κ3) is 3.93. The molecule has 3 heterocycles. The molecular formula is C47H29N5. The molecule has 7 aromatic carbocycles. The quantitative estimate of drug-likeness (QED) is 0.188. The molecular weight excluding hydrogens is 635 g/mol. The highest BCUT2D eigenvalue weighted by atomic mass is 15.1. The number of imidazole rings is 1. The van der Waals surface area contributed by atoms with E-state index in [4.69, 9.17) is 19.9 Å². The van der Waals surface area contributed by atoms with Crippen molar-refractivity contribution in [3.63, 3.8) is 0 Å². The van der Waals surface area contributed by atoms with Gasteiger partial charge in [-0.2, -0.15) is 0 Å². The van der Waals surface area contributed by atoms with E-state index < -0.39 is 5.41 Å². The number of hydrogen-bond donors (Lipinski definition) is 0. The standard InChI is InChI=1S/C47H29N5/c1-3-16-30(17-4-1)43-49-44(31-18-5-2-6-19-31)51-45(50-43)34-21-8-7-20-32(34)33-23-15-26-38-42(33)35-22-9-10-24-36(35)47(38)37-25-11-13-28-40(37)52-41-29-14-12-27-39(41)48-46(47)52/h1-29H. The molecule has 52 heavy (non-hydrogen) atoms. The second kappa shape index (κ2) is 11.0. The van der Waals surface area contributed by atoms with Crippen LogP contribution in [0, 0.1) is 0 Å². The third-order valence-corrected chi connectivity index (χ3v) is 10.7. The lowest BCUT2D eigenvalue weighted by atomic mass is 9.72. The summed E-state index contributed by atoms with van der Waals surface area (Å²) in [5, 5.41) is 0. The van der Waals surface area contributed by atoms with Gasteiger partial charge < -0.3 is 0 Å². The molecule has 2 aliphatic rings. The largest absolute Gasteiger partial charge is 0.295 e. The Balaban J connectivity index is 1.19. The van der Waals surface area contributed by atoms with E-state index in [0.717, 1.165) is 44.7 Å². The fourth-order valence-corrected chi connectivity index (χ4v) is 8.55. The normalized spacial score (nSPS) is 15.0. The van der Waals surface area contributed by atoms with Gasteiger partial charge in [-0.3, -0.25) is 4.57 Å². The van der Waals surface area contributed by atoms with Crippen LogP contribution in [-0.4, -0.2) is 24.5 Å². The van der Waals surface area contributed by atoms with Gasteiger partial charge in [0, 0.05) is 16.7 Å². The van der Waals surface area contributed by atoms with Gasteiger partial charge in [0.15, 0.2) is 17.5 Å². The number of benzene rings is 7. The molecule has 0 N–H and O–H groups in total. The minimum absolute atomic E-state index is 0.583. The SMILES string of the molecule is c1ccc(-c2nc(-c3ccccc3)nc(-c3ccccc3-c3cccc4c3-c3ccccc3C43c4ccccc4-n4c3nc3ccccc34)n2)cc1. The van der Waals surface area contributed by atoms with Crippen LogP contribution in [-0.2, 0) is 5.41 Å². The molecule has 1 unspecified atom stereocenters. The Hall–Kier alpha value is -6.98. The smallest absolute Gasteiger partial charge is 0.164 e. The van der Waals surface area contributed by atoms with Crippen molar-refractivity contribution in [2.24, 2.45) is 0 Å². The van der Waals surface area contributed by atoms with Crippen LogP contribution >= 0.6 is 0 Å². The zero-order chi connectivity index (χ0) is 34.2. The maximum atomic E-state index is 5.42. The predicted octanol–water partition coefficient (Wildman–Crippen LogP) is 10.6. The summed E-state index contributed by atoms with van der Waals surface area (Å²) in [6, 6.07) is 61.7. The minimum Gasteiger partial charge on any atom is -0.295 e. The summed E-state index contributed by atoms with van der Waals surface area (Å²) < 4.78 is 2.37. The maximum absolute atomic E-state index is 5.42. The zero-order valence-electron chi connectivity index (χ0n) is 28.0. The predicted molar refractivity (Wildman–Crippen MR) is 207 cm³/mol. The molecule has 2 aromatic heterocycles. The Kier molecular flexibility index (Phi) is 6.10. The average molecular weight is 664 g/mol. The van der Waals surface area contributed by atoms with E-state index in [2.05, 4.69) is 120 Å². The monoisotopic (exact) mass is 663 g/mol. The van der Waals surface area contributed by atoms with Gasteiger partial charge in [0.25, 0.3) is 0 Å². The molecule has 1 atom stereocenters. The first-order chi connectivity index (χ1) is 25.8. The molecule has 0 saturated carbocycles. The summed E-state index contributed by atoms with van der Waals surface area (Å²) in [5.74, 6) is 2.95. The molecule has 0 radical (unpaired) electrons. The number of aromatic nitrogens is 5. The number of rotatable bonds is 4. The molecule has 242 valence electrons. The average Bonchev–Trinajstić information content (AvgIpc) is 3.85. The summed E-state index contributed by atoms with van der Waals surface area (Å²) in [5.41, 5.74) is 13.9. The second-order valence-electron chi connectivity index (χ2n) is 13.4. The van der Waals surface area contributed by atoms with Crippen molar-refractivity contribution in [2.75, 3.05) is 0 Å². The van der Waals surface area contributed by atoms with Crippen molar-refractivity contribution in [3.05, 3.63) is 198 Å². The molecule has 11 rings (SSSR count). The molecule has 1 aliphatic carbocycles. The van der Waals surface area contributed by atoms with Crippen molar-refractivity contribution < 1.29 is 0 Å². The third-order valence-electron chi connectivity index (χ3n) is 10.7. The highest BCUT2D eigenvalue weighted by Gasteiger charge is 2.54. The van der Waals surface area contributed by atoms with E-state index in [-0.39, 0.29) is 0 Å². The molecule has 5 heteroatoms. The molecule has 0 bridgehead atoms. The van der Waals surface area contributed by atoms with Crippen LogP contribution in [0.2, 0.25) is 0 Å². The van der Waals surface area contributed by atoms with E-state index in [0.29, 0.717) is 17.5 Å². The summed E-state index contributed by atoms with van der Waals surface area (Å²) in [4.78, 5) is 20.7. The maximum Gasteiger partial charge on any atom is 0.164 e. The van der Waals surface area contributed by atoms with Crippen LogP contribution in [0.25, 0.3) is 73.1 Å². The number of hydrogen-bond acceptors (Lipinski definition) is 4. The van der Waals surface area contributed by atoms with Crippen LogP contribution in [0.15, 0.2) is 176 Å². The van der Waals surface area contributed by atoms with Gasteiger partial charge >= 0.3 is 0 Å². The lowest BCUT2D eigenvalue weighted by Crippen LogP contribution is -2.27.